The molecule has 0 saturated carbocycles. The van der Waals surface area contributed by atoms with Crippen LogP contribution in [0.25, 0.3) is 0 Å². The standard InChI is InChI=1S/C23H35N3O7S/c1-24-8-10-25(11-9-24)23(28)13-19-6-7-21-22(33-19)16-32-15-17(27)14-26(21)34(29,30)20-5-3-4-18(12-20)31-2/h3-5,12,17,19,21-22,27H,6-11,13-16H2,1-2H3/t17-,19-,21+,22-/m1/s1. The summed E-state index contributed by atoms with van der Waals surface area (Å²) in [5.74, 6) is 0.510. The van der Waals surface area contributed by atoms with Crippen LogP contribution in [0.15, 0.2) is 29.2 Å². The molecule has 3 aliphatic heterocycles. The number of hydrogen-bond donors (Lipinski definition) is 1. The molecule has 1 amide bonds. The average molecular weight is 498 g/mol. The molecular formula is C23H35N3O7S. The molecule has 0 aliphatic carbocycles. The van der Waals surface area contributed by atoms with Crippen molar-refractivity contribution in [2.75, 3.05) is 60.1 Å². The van der Waals surface area contributed by atoms with E-state index in [1.807, 2.05) is 11.9 Å². The molecule has 190 valence electrons. The highest BCUT2D eigenvalue weighted by molar-refractivity contribution is 7.89. The molecule has 0 bridgehead atoms. The first kappa shape index (κ1) is 25.3. The number of aliphatic hydroxyl groups excluding tert-OH is 1. The lowest BCUT2D eigenvalue weighted by Crippen LogP contribution is -2.57. The number of amides is 1. The van der Waals surface area contributed by atoms with Crippen LogP contribution in [0.5, 0.6) is 5.75 Å². The van der Waals surface area contributed by atoms with Gasteiger partial charge in [0.05, 0.1) is 56.0 Å². The van der Waals surface area contributed by atoms with Gasteiger partial charge in [-0.3, -0.25) is 4.79 Å². The topological polar surface area (TPSA) is 109 Å². The van der Waals surface area contributed by atoms with Gasteiger partial charge in [0.2, 0.25) is 15.9 Å². The number of ether oxygens (including phenoxy) is 3. The fraction of sp³-hybridized carbons (Fsp3) is 0.696. The van der Waals surface area contributed by atoms with Crippen LogP contribution in [0.2, 0.25) is 0 Å². The van der Waals surface area contributed by atoms with Gasteiger partial charge in [0.1, 0.15) is 5.75 Å². The molecule has 0 radical (unpaired) electrons. The summed E-state index contributed by atoms with van der Waals surface area (Å²) in [6.45, 7) is 3.22. The Labute approximate surface area is 201 Å². The maximum Gasteiger partial charge on any atom is 0.243 e. The van der Waals surface area contributed by atoms with E-state index in [2.05, 4.69) is 4.90 Å². The van der Waals surface area contributed by atoms with E-state index in [-0.39, 0.29) is 43.1 Å². The Balaban J connectivity index is 1.49. The number of fused-ring (bicyclic) bond motifs is 1. The number of aliphatic hydroxyl groups is 1. The lowest BCUT2D eigenvalue weighted by Gasteiger charge is -2.44. The third-order valence-corrected chi connectivity index (χ3v) is 8.73. The van der Waals surface area contributed by atoms with E-state index >= 15 is 0 Å². The summed E-state index contributed by atoms with van der Waals surface area (Å²) in [5, 5.41) is 10.4. The fourth-order valence-corrected chi connectivity index (χ4v) is 6.60. The first-order valence-electron chi connectivity index (χ1n) is 11.8. The number of likely N-dealkylation sites (N-methyl/N-ethyl adjacent to an activating group) is 1. The summed E-state index contributed by atoms with van der Waals surface area (Å²) in [6, 6.07) is 5.82. The molecule has 3 saturated heterocycles. The Morgan fingerprint density at radius 3 is 2.68 bits per heavy atom. The maximum absolute atomic E-state index is 13.6. The van der Waals surface area contributed by atoms with Gasteiger partial charge in [-0.05, 0) is 32.0 Å². The van der Waals surface area contributed by atoms with Gasteiger partial charge in [-0.2, -0.15) is 4.31 Å². The Hall–Kier alpha value is -1.76. The second-order valence-electron chi connectivity index (χ2n) is 9.27. The highest BCUT2D eigenvalue weighted by Gasteiger charge is 2.43. The van der Waals surface area contributed by atoms with Gasteiger partial charge in [-0.15, -0.1) is 0 Å². The van der Waals surface area contributed by atoms with Gasteiger partial charge in [0, 0.05) is 38.8 Å². The van der Waals surface area contributed by atoms with Gasteiger partial charge in [-0.1, -0.05) is 6.07 Å². The second kappa shape index (κ2) is 10.9. The van der Waals surface area contributed by atoms with E-state index in [0.29, 0.717) is 31.7 Å². The Bertz CT molecular complexity index is 952. The van der Waals surface area contributed by atoms with Crippen LogP contribution in [0.3, 0.4) is 0 Å². The van der Waals surface area contributed by atoms with Gasteiger partial charge < -0.3 is 29.1 Å². The summed E-state index contributed by atoms with van der Waals surface area (Å²) in [5.41, 5.74) is 0. The number of piperazine rings is 1. The maximum atomic E-state index is 13.6. The van der Waals surface area contributed by atoms with E-state index in [4.69, 9.17) is 14.2 Å². The van der Waals surface area contributed by atoms with Crippen LogP contribution in [0.4, 0.5) is 0 Å². The molecule has 1 N–H and O–H groups in total. The molecule has 11 heteroatoms. The molecule has 4 rings (SSSR count). The van der Waals surface area contributed by atoms with E-state index in [9.17, 15) is 18.3 Å². The van der Waals surface area contributed by atoms with Gasteiger partial charge in [0.25, 0.3) is 0 Å². The molecule has 3 heterocycles. The highest BCUT2D eigenvalue weighted by Crippen LogP contribution is 2.32. The monoisotopic (exact) mass is 497 g/mol. The highest BCUT2D eigenvalue weighted by atomic mass is 32.2. The SMILES string of the molecule is COc1cccc(S(=O)(=O)N2C[C@@H](O)COC[C@H]3O[C@@H](CC(=O)N4CCN(C)CC4)CC[C@@H]32)c1. The molecule has 0 unspecified atom stereocenters. The molecule has 4 atom stereocenters. The van der Waals surface area contributed by atoms with E-state index in [1.165, 1.54) is 23.5 Å². The van der Waals surface area contributed by atoms with E-state index in [0.717, 1.165) is 13.1 Å². The molecule has 3 fully saturated rings. The second-order valence-corrected chi connectivity index (χ2v) is 11.2. The number of methoxy groups -OCH3 is 1. The van der Waals surface area contributed by atoms with Crippen LogP contribution in [0, 0.1) is 0 Å². The summed E-state index contributed by atoms with van der Waals surface area (Å²) < 4.78 is 45.6. The number of nitrogens with zero attached hydrogens (tertiary/aromatic N) is 3. The largest absolute Gasteiger partial charge is 0.497 e. The van der Waals surface area contributed by atoms with Crippen LogP contribution in [-0.4, -0.2) is 118 Å². The van der Waals surface area contributed by atoms with Crippen molar-refractivity contribution in [3.05, 3.63) is 24.3 Å². The zero-order valence-corrected chi connectivity index (χ0v) is 20.7. The van der Waals surface area contributed by atoms with Crippen molar-refractivity contribution >= 4 is 15.9 Å². The lowest BCUT2D eigenvalue weighted by atomic mass is 9.96. The van der Waals surface area contributed by atoms with Crippen LogP contribution in [0.1, 0.15) is 19.3 Å². The molecule has 10 nitrogen and oxygen atoms in total. The fourth-order valence-electron chi connectivity index (χ4n) is 4.85. The summed E-state index contributed by atoms with van der Waals surface area (Å²) in [6.07, 6.45) is -0.406. The number of benzene rings is 1. The van der Waals surface area contributed by atoms with Gasteiger partial charge >= 0.3 is 0 Å². The minimum absolute atomic E-state index is 0.0155. The Morgan fingerprint density at radius 2 is 1.94 bits per heavy atom. The third-order valence-electron chi connectivity index (χ3n) is 6.84. The zero-order chi connectivity index (χ0) is 24.3. The van der Waals surface area contributed by atoms with E-state index in [1.54, 1.807) is 12.1 Å². The van der Waals surface area contributed by atoms with Crippen molar-refractivity contribution in [1.29, 1.82) is 0 Å². The zero-order valence-electron chi connectivity index (χ0n) is 19.8. The summed E-state index contributed by atoms with van der Waals surface area (Å²) in [7, 11) is -0.394. The predicted octanol–water partition coefficient (Wildman–Crippen LogP) is 0.157. The normalized spacial score (nSPS) is 29.7. The third kappa shape index (κ3) is 5.72. The van der Waals surface area contributed by atoms with Crippen LogP contribution >= 0.6 is 0 Å². The van der Waals surface area contributed by atoms with Crippen molar-refractivity contribution in [2.24, 2.45) is 0 Å². The average Bonchev–Trinajstić information content (AvgIpc) is 2.82. The van der Waals surface area contributed by atoms with Crippen molar-refractivity contribution in [3.63, 3.8) is 0 Å². The summed E-state index contributed by atoms with van der Waals surface area (Å²) >= 11 is 0. The van der Waals surface area contributed by atoms with E-state index < -0.39 is 28.3 Å². The van der Waals surface area contributed by atoms with Crippen molar-refractivity contribution in [3.8, 4) is 5.75 Å². The smallest absolute Gasteiger partial charge is 0.243 e. The molecule has 1 aromatic carbocycles. The minimum atomic E-state index is -3.92. The molecular weight excluding hydrogens is 462 g/mol. The first-order valence-corrected chi connectivity index (χ1v) is 13.3. The Morgan fingerprint density at radius 1 is 1.18 bits per heavy atom. The van der Waals surface area contributed by atoms with Crippen LogP contribution < -0.4 is 4.74 Å². The minimum Gasteiger partial charge on any atom is -0.497 e. The molecule has 0 spiro atoms. The summed E-state index contributed by atoms with van der Waals surface area (Å²) in [4.78, 5) is 17.0. The molecule has 3 aliphatic rings. The number of hydrogen-bond acceptors (Lipinski definition) is 8. The number of carbonyl (C=O) groups is 1. The number of rotatable bonds is 5. The Kier molecular flexibility index (Phi) is 8.11. The van der Waals surface area contributed by atoms with Crippen molar-refractivity contribution in [1.82, 2.24) is 14.1 Å². The lowest BCUT2D eigenvalue weighted by molar-refractivity contribution is -0.152. The molecule has 0 aromatic heterocycles. The molecule has 34 heavy (non-hydrogen) atoms. The number of carbonyl (C=O) groups excluding carboxylic acids is 1. The van der Waals surface area contributed by atoms with Crippen molar-refractivity contribution < 1.29 is 32.5 Å². The molecule has 1 aromatic rings. The van der Waals surface area contributed by atoms with Gasteiger partial charge in [0.15, 0.2) is 0 Å². The van der Waals surface area contributed by atoms with Crippen molar-refractivity contribution in [2.45, 2.75) is 48.5 Å². The first-order chi connectivity index (χ1) is 16.3. The van der Waals surface area contributed by atoms with Crippen LogP contribution in [-0.2, 0) is 24.3 Å². The van der Waals surface area contributed by atoms with Gasteiger partial charge in [-0.25, -0.2) is 8.42 Å². The number of sulfonamides is 1. The predicted molar refractivity (Wildman–Crippen MR) is 124 cm³/mol. The quantitative estimate of drug-likeness (QED) is 0.613. The number of β-amino-alcohol motifs (C(OH)–C–C–N with tert-alkyl or cyclic N) is 1.